The Hall–Kier alpha value is -3.80. The molecule has 0 saturated carbocycles. The van der Waals surface area contributed by atoms with E-state index in [9.17, 15) is 9.59 Å². The highest BCUT2D eigenvalue weighted by molar-refractivity contribution is 5.95. The van der Waals surface area contributed by atoms with E-state index >= 15 is 0 Å². The van der Waals surface area contributed by atoms with Crippen LogP contribution in [0.25, 0.3) is 0 Å². The maximum atomic E-state index is 13.8. The number of nitrogens with zero attached hydrogens (tertiary/aromatic N) is 1. The number of benzene rings is 3. The maximum Gasteiger partial charge on any atom is 0.254 e. The van der Waals surface area contributed by atoms with E-state index in [1.165, 1.54) is 6.92 Å². The lowest BCUT2D eigenvalue weighted by molar-refractivity contribution is -0.114. The van der Waals surface area contributed by atoms with Crippen LogP contribution in [0.15, 0.2) is 72.8 Å². The minimum Gasteiger partial charge on any atom is -0.490 e. The largest absolute Gasteiger partial charge is 0.490 e. The molecule has 1 N–H and O–H groups in total. The van der Waals surface area contributed by atoms with Gasteiger partial charge >= 0.3 is 0 Å². The predicted octanol–water partition coefficient (Wildman–Crippen LogP) is 5.21. The zero-order valence-electron chi connectivity index (χ0n) is 18.9. The number of ether oxygens (including phenoxy) is 2. The van der Waals surface area contributed by atoms with Crippen LogP contribution in [-0.4, -0.2) is 29.9 Å². The zero-order chi connectivity index (χ0) is 23.2. The standard InChI is InChI=1S/C27H28N2O4/c1-19(22-10-6-11-24(16-22)28-20(2)30)29(18-21-8-4-3-5-9-21)27(31)23-12-13-25-26(17-23)33-15-7-14-32-25/h3-6,8-13,16-17,19H,7,14-15,18H2,1-2H3,(H,28,30). The van der Waals surface area contributed by atoms with E-state index < -0.39 is 0 Å². The molecule has 0 aromatic heterocycles. The number of carbonyl (C=O) groups excluding carboxylic acids is 2. The summed E-state index contributed by atoms with van der Waals surface area (Å²) in [7, 11) is 0. The lowest BCUT2D eigenvalue weighted by Crippen LogP contribution is -2.33. The van der Waals surface area contributed by atoms with Gasteiger partial charge in [-0.15, -0.1) is 0 Å². The van der Waals surface area contributed by atoms with Gasteiger partial charge < -0.3 is 19.7 Å². The van der Waals surface area contributed by atoms with Gasteiger partial charge in [0.15, 0.2) is 11.5 Å². The van der Waals surface area contributed by atoms with Crippen LogP contribution in [0, 0.1) is 0 Å². The molecule has 3 aromatic carbocycles. The average molecular weight is 445 g/mol. The van der Waals surface area contributed by atoms with E-state index in [-0.39, 0.29) is 17.9 Å². The SMILES string of the molecule is CC(=O)Nc1cccc(C(C)N(Cc2ccccc2)C(=O)c2ccc3c(c2)OCCCO3)c1. The summed E-state index contributed by atoms with van der Waals surface area (Å²) in [6.07, 6.45) is 0.805. The third-order valence-electron chi connectivity index (χ3n) is 5.61. The summed E-state index contributed by atoms with van der Waals surface area (Å²) in [6.45, 7) is 5.08. The molecule has 3 aromatic rings. The molecule has 33 heavy (non-hydrogen) atoms. The van der Waals surface area contributed by atoms with Crippen molar-refractivity contribution >= 4 is 17.5 Å². The number of nitrogens with one attached hydrogen (secondary N) is 1. The van der Waals surface area contributed by atoms with Crippen molar-refractivity contribution in [3.63, 3.8) is 0 Å². The average Bonchev–Trinajstić information content (AvgIpc) is 3.07. The summed E-state index contributed by atoms with van der Waals surface area (Å²) >= 11 is 0. The van der Waals surface area contributed by atoms with Crippen molar-refractivity contribution in [3.8, 4) is 11.5 Å². The molecule has 1 heterocycles. The second kappa shape index (κ2) is 10.2. The molecule has 4 rings (SSSR count). The summed E-state index contributed by atoms with van der Waals surface area (Å²) in [5.74, 6) is 1.02. The smallest absolute Gasteiger partial charge is 0.254 e. The highest BCUT2D eigenvalue weighted by atomic mass is 16.5. The third-order valence-corrected chi connectivity index (χ3v) is 5.61. The normalized spacial score (nSPS) is 13.5. The molecule has 1 aliphatic rings. The van der Waals surface area contributed by atoms with Gasteiger partial charge in [0.05, 0.1) is 19.3 Å². The van der Waals surface area contributed by atoms with Crippen molar-refractivity contribution in [1.82, 2.24) is 4.90 Å². The zero-order valence-corrected chi connectivity index (χ0v) is 18.9. The van der Waals surface area contributed by atoms with Crippen LogP contribution in [0.2, 0.25) is 0 Å². The van der Waals surface area contributed by atoms with Gasteiger partial charge in [0.2, 0.25) is 5.91 Å². The van der Waals surface area contributed by atoms with Gasteiger partial charge in [-0.05, 0) is 48.4 Å². The monoisotopic (exact) mass is 444 g/mol. The molecular weight excluding hydrogens is 416 g/mol. The Kier molecular flexibility index (Phi) is 6.93. The molecule has 0 fully saturated rings. The maximum absolute atomic E-state index is 13.8. The molecule has 1 atom stereocenters. The van der Waals surface area contributed by atoms with Gasteiger partial charge in [0, 0.05) is 31.1 Å². The minimum absolute atomic E-state index is 0.105. The Balaban J connectivity index is 1.67. The number of fused-ring (bicyclic) bond motifs is 1. The molecule has 6 nitrogen and oxygen atoms in total. The highest BCUT2D eigenvalue weighted by Crippen LogP contribution is 2.33. The van der Waals surface area contributed by atoms with Gasteiger partial charge in [-0.3, -0.25) is 9.59 Å². The number of amides is 2. The third kappa shape index (κ3) is 5.52. The van der Waals surface area contributed by atoms with Crippen LogP contribution < -0.4 is 14.8 Å². The molecule has 0 radical (unpaired) electrons. The fourth-order valence-corrected chi connectivity index (χ4v) is 3.89. The first-order valence-electron chi connectivity index (χ1n) is 11.1. The Morgan fingerprint density at radius 3 is 2.45 bits per heavy atom. The van der Waals surface area contributed by atoms with Crippen LogP contribution in [0.4, 0.5) is 5.69 Å². The molecule has 170 valence electrons. The van der Waals surface area contributed by atoms with Crippen LogP contribution >= 0.6 is 0 Å². The fourth-order valence-electron chi connectivity index (χ4n) is 3.89. The van der Waals surface area contributed by atoms with Crippen LogP contribution in [0.3, 0.4) is 0 Å². The summed E-state index contributed by atoms with van der Waals surface area (Å²) in [4.78, 5) is 27.1. The topological polar surface area (TPSA) is 67.9 Å². The lowest BCUT2D eigenvalue weighted by Gasteiger charge is -2.30. The lowest BCUT2D eigenvalue weighted by atomic mass is 10.0. The van der Waals surface area contributed by atoms with Crippen molar-refractivity contribution in [3.05, 3.63) is 89.5 Å². The van der Waals surface area contributed by atoms with Crippen molar-refractivity contribution < 1.29 is 19.1 Å². The van der Waals surface area contributed by atoms with Gasteiger partial charge in [-0.25, -0.2) is 0 Å². The van der Waals surface area contributed by atoms with E-state index in [0.29, 0.717) is 42.5 Å². The second-order valence-corrected chi connectivity index (χ2v) is 8.11. The number of anilines is 1. The van der Waals surface area contributed by atoms with Gasteiger partial charge in [-0.1, -0.05) is 42.5 Å². The van der Waals surface area contributed by atoms with E-state index in [2.05, 4.69) is 5.32 Å². The Morgan fingerprint density at radius 2 is 1.70 bits per heavy atom. The minimum atomic E-state index is -0.234. The Bertz CT molecular complexity index is 1130. The van der Waals surface area contributed by atoms with Crippen LogP contribution in [0.1, 0.15) is 47.8 Å². The van der Waals surface area contributed by atoms with Gasteiger partial charge in [0.1, 0.15) is 0 Å². The number of rotatable bonds is 6. The summed E-state index contributed by atoms with van der Waals surface area (Å²) in [5.41, 5.74) is 3.21. The molecule has 2 amide bonds. The van der Waals surface area contributed by atoms with E-state index in [1.807, 2.05) is 66.4 Å². The molecular formula is C27H28N2O4. The molecule has 1 aliphatic heterocycles. The Labute approximate surface area is 194 Å². The second-order valence-electron chi connectivity index (χ2n) is 8.11. The molecule has 6 heteroatoms. The number of hydrogen-bond acceptors (Lipinski definition) is 4. The molecule has 0 spiro atoms. The fraction of sp³-hybridized carbons (Fsp3) is 0.259. The first-order chi connectivity index (χ1) is 16.0. The molecule has 1 unspecified atom stereocenters. The van der Waals surface area contributed by atoms with Crippen molar-refractivity contribution in [2.75, 3.05) is 18.5 Å². The van der Waals surface area contributed by atoms with Crippen LogP contribution in [0.5, 0.6) is 11.5 Å². The molecule has 0 saturated heterocycles. The summed E-state index contributed by atoms with van der Waals surface area (Å²) in [5, 5.41) is 2.82. The summed E-state index contributed by atoms with van der Waals surface area (Å²) in [6, 6.07) is 22.6. The van der Waals surface area contributed by atoms with E-state index in [1.54, 1.807) is 18.2 Å². The molecule has 0 aliphatic carbocycles. The van der Waals surface area contributed by atoms with Crippen molar-refractivity contribution in [1.29, 1.82) is 0 Å². The van der Waals surface area contributed by atoms with Crippen LogP contribution in [-0.2, 0) is 11.3 Å². The summed E-state index contributed by atoms with van der Waals surface area (Å²) < 4.78 is 11.5. The first kappa shape index (κ1) is 22.4. The van der Waals surface area contributed by atoms with E-state index in [4.69, 9.17) is 9.47 Å². The quantitative estimate of drug-likeness (QED) is 0.567. The first-order valence-corrected chi connectivity index (χ1v) is 11.1. The number of hydrogen-bond donors (Lipinski definition) is 1. The highest BCUT2D eigenvalue weighted by Gasteiger charge is 2.25. The van der Waals surface area contributed by atoms with Crippen molar-refractivity contribution in [2.24, 2.45) is 0 Å². The molecule has 0 bridgehead atoms. The Morgan fingerprint density at radius 1 is 0.939 bits per heavy atom. The number of carbonyl (C=O) groups is 2. The van der Waals surface area contributed by atoms with E-state index in [0.717, 1.165) is 17.5 Å². The van der Waals surface area contributed by atoms with Gasteiger partial charge in [-0.2, -0.15) is 0 Å². The van der Waals surface area contributed by atoms with Gasteiger partial charge in [0.25, 0.3) is 5.91 Å². The van der Waals surface area contributed by atoms with Crippen molar-refractivity contribution in [2.45, 2.75) is 32.9 Å². The predicted molar refractivity (Wildman–Crippen MR) is 128 cm³/mol.